The molecule has 1 unspecified atom stereocenters. The molecule has 0 saturated heterocycles. The number of hydrogen-bond donors (Lipinski definition) is 1. The van der Waals surface area contributed by atoms with Crippen LogP contribution in [0.1, 0.15) is 30.0 Å². The number of rotatable bonds is 6. The summed E-state index contributed by atoms with van der Waals surface area (Å²) in [7, 11) is 0. The minimum absolute atomic E-state index is 0.151. The van der Waals surface area contributed by atoms with Gasteiger partial charge in [-0.2, -0.15) is 0 Å². The fourth-order valence-electron chi connectivity index (χ4n) is 2.25. The summed E-state index contributed by atoms with van der Waals surface area (Å²) in [5.41, 5.74) is 2.52. The molecule has 0 heterocycles. The van der Waals surface area contributed by atoms with Crippen LogP contribution in [0.15, 0.2) is 42.5 Å². The van der Waals surface area contributed by atoms with Gasteiger partial charge >= 0.3 is 0 Å². The van der Waals surface area contributed by atoms with Gasteiger partial charge in [-0.1, -0.05) is 37.3 Å². The molecule has 2 rings (SSSR count). The van der Waals surface area contributed by atoms with Gasteiger partial charge in [-0.05, 0) is 43.5 Å². The fourth-order valence-corrected chi connectivity index (χ4v) is 2.25. The molecule has 0 aliphatic heterocycles. The van der Waals surface area contributed by atoms with E-state index in [0.29, 0.717) is 17.7 Å². The van der Waals surface area contributed by atoms with Crippen LogP contribution in [0.4, 0.5) is 4.39 Å². The Hall–Kier alpha value is -2.36. The smallest absolute Gasteiger partial charge is 0.261 e. The van der Waals surface area contributed by atoms with Crippen molar-refractivity contribution in [1.29, 1.82) is 0 Å². The molecule has 23 heavy (non-hydrogen) atoms. The first kappa shape index (κ1) is 17.0. The summed E-state index contributed by atoms with van der Waals surface area (Å²) >= 11 is 0. The number of halogens is 1. The molecule has 2 aromatic rings. The normalized spacial score (nSPS) is 11.8. The Morgan fingerprint density at radius 3 is 2.65 bits per heavy atom. The van der Waals surface area contributed by atoms with E-state index in [-0.39, 0.29) is 18.3 Å². The first-order valence-corrected chi connectivity index (χ1v) is 7.76. The van der Waals surface area contributed by atoms with Crippen LogP contribution >= 0.6 is 0 Å². The highest BCUT2D eigenvalue weighted by Crippen LogP contribution is 2.21. The maximum absolute atomic E-state index is 13.6. The molecule has 0 aliphatic rings. The van der Waals surface area contributed by atoms with E-state index in [1.807, 2.05) is 39.0 Å². The lowest BCUT2D eigenvalue weighted by Gasteiger charge is -2.19. The van der Waals surface area contributed by atoms with E-state index in [9.17, 15) is 9.18 Å². The van der Waals surface area contributed by atoms with E-state index >= 15 is 0 Å². The predicted octanol–water partition coefficient (Wildman–Crippen LogP) is 3.92. The summed E-state index contributed by atoms with van der Waals surface area (Å²) in [4.78, 5) is 12.3. The zero-order valence-corrected chi connectivity index (χ0v) is 13.7. The quantitative estimate of drug-likeness (QED) is 0.877. The summed E-state index contributed by atoms with van der Waals surface area (Å²) in [5, 5.41) is 2.74. The topological polar surface area (TPSA) is 38.3 Å². The average molecular weight is 315 g/mol. The second-order valence-electron chi connectivity index (χ2n) is 5.59. The summed E-state index contributed by atoms with van der Waals surface area (Å²) in [6.07, 6.45) is -0.0569. The van der Waals surface area contributed by atoms with Crippen molar-refractivity contribution in [1.82, 2.24) is 5.32 Å². The van der Waals surface area contributed by atoms with Gasteiger partial charge in [0.2, 0.25) is 0 Å². The Morgan fingerprint density at radius 1 is 1.22 bits per heavy atom. The third kappa shape index (κ3) is 4.55. The minimum Gasteiger partial charge on any atom is -0.480 e. The zero-order valence-electron chi connectivity index (χ0n) is 13.7. The van der Waals surface area contributed by atoms with E-state index in [1.54, 1.807) is 18.2 Å². The van der Waals surface area contributed by atoms with Gasteiger partial charge in [0, 0.05) is 12.1 Å². The number of benzene rings is 2. The summed E-state index contributed by atoms with van der Waals surface area (Å²) in [6, 6.07) is 12.3. The van der Waals surface area contributed by atoms with Gasteiger partial charge in [0.25, 0.3) is 5.91 Å². The highest BCUT2D eigenvalue weighted by Gasteiger charge is 2.19. The number of carbonyl (C=O) groups is 1. The number of aryl methyl sites for hydroxylation is 2. The molecule has 0 saturated carbocycles. The second-order valence-corrected chi connectivity index (χ2v) is 5.59. The van der Waals surface area contributed by atoms with Gasteiger partial charge in [0.15, 0.2) is 6.10 Å². The lowest BCUT2D eigenvalue weighted by atomic mass is 10.1. The van der Waals surface area contributed by atoms with Crippen molar-refractivity contribution >= 4 is 5.91 Å². The van der Waals surface area contributed by atoms with Crippen LogP contribution in [0.5, 0.6) is 5.75 Å². The predicted molar refractivity (Wildman–Crippen MR) is 88.9 cm³/mol. The van der Waals surface area contributed by atoms with E-state index in [0.717, 1.165) is 11.1 Å². The monoisotopic (exact) mass is 315 g/mol. The Labute approximate surface area is 136 Å². The highest BCUT2D eigenvalue weighted by atomic mass is 19.1. The molecule has 0 radical (unpaired) electrons. The number of amides is 1. The largest absolute Gasteiger partial charge is 0.480 e. The molecule has 1 N–H and O–H groups in total. The maximum Gasteiger partial charge on any atom is 0.261 e. The van der Waals surface area contributed by atoms with Crippen LogP contribution in [0.2, 0.25) is 0 Å². The van der Waals surface area contributed by atoms with Crippen molar-refractivity contribution in [3.63, 3.8) is 0 Å². The van der Waals surface area contributed by atoms with Crippen molar-refractivity contribution in [2.75, 3.05) is 0 Å². The van der Waals surface area contributed by atoms with Crippen molar-refractivity contribution in [3.05, 3.63) is 65.0 Å². The number of ether oxygens (including phenoxy) is 1. The Kier molecular flexibility index (Phi) is 5.74. The SMILES string of the molecule is CCC(Oc1cc(C)ccc1C)C(=O)NCc1ccccc1F. The Bertz CT molecular complexity index is 685. The van der Waals surface area contributed by atoms with Gasteiger partial charge in [-0.25, -0.2) is 4.39 Å². The maximum atomic E-state index is 13.6. The third-order valence-corrected chi connectivity index (χ3v) is 3.69. The first-order chi connectivity index (χ1) is 11.0. The van der Waals surface area contributed by atoms with Gasteiger partial charge in [-0.3, -0.25) is 4.79 Å². The molecule has 0 fully saturated rings. The molecule has 2 aromatic carbocycles. The van der Waals surface area contributed by atoms with Gasteiger partial charge in [-0.15, -0.1) is 0 Å². The van der Waals surface area contributed by atoms with Gasteiger partial charge in [0.1, 0.15) is 11.6 Å². The summed E-state index contributed by atoms with van der Waals surface area (Å²) in [5.74, 6) is 0.144. The first-order valence-electron chi connectivity index (χ1n) is 7.76. The van der Waals surface area contributed by atoms with Crippen LogP contribution in [-0.2, 0) is 11.3 Å². The second kappa shape index (κ2) is 7.77. The minimum atomic E-state index is -0.595. The molecule has 1 atom stereocenters. The van der Waals surface area contributed by atoms with E-state index < -0.39 is 6.10 Å². The molecule has 0 aliphatic carbocycles. The van der Waals surface area contributed by atoms with Crippen LogP contribution in [-0.4, -0.2) is 12.0 Å². The molecule has 4 heteroatoms. The van der Waals surface area contributed by atoms with Crippen LogP contribution in [0, 0.1) is 19.7 Å². The van der Waals surface area contributed by atoms with Gasteiger partial charge < -0.3 is 10.1 Å². The standard InChI is InChI=1S/C19H22FNO2/c1-4-17(23-18-11-13(2)9-10-14(18)3)19(22)21-12-15-7-5-6-8-16(15)20/h5-11,17H,4,12H2,1-3H3,(H,21,22). The van der Waals surface area contributed by atoms with Gasteiger partial charge in [0.05, 0.1) is 0 Å². The van der Waals surface area contributed by atoms with E-state index in [4.69, 9.17) is 4.74 Å². The van der Waals surface area contributed by atoms with E-state index in [1.165, 1.54) is 6.07 Å². The Balaban J connectivity index is 2.01. The van der Waals surface area contributed by atoms with Crippen molar-refractivity contribution in [2.24, 2.45) is 0 Å². The van der Waals surface area contributed by atoms with Crippen molar-refractivity contribution in [2.45, 2.75) is 39.8 Å². The summed E-state index contributed by atoms with van der Waals surface area (Å²) < 4.78 is 19.4. The molecule has 0 aromatic heterocycles. The van der Waals surface area contributed by atoms with Crippen molar-refractivity contribution < 1.29 is 13.9 Å². The average Bonchev–Trinajstić information content (AvgIpc) is 2.54. The molecule has 3 nitrogen and oxygen atoms in total. The molecular weight excluding hydrogens is 293 g/mol. The number of nitrogens with one attached hydrogen (secondary N) is 1. The van der Waals surface area contributed by atoms with Crippen LogP contribution in [0.3, 0.4) is 0 Å². The fraction of sp³-hybridized carbons (Fsp3) is 0.316. The molecule has 0 bridgehead atoms. The van der Waals surface area contributed by atoms with E-state index in [2.05, 4.69) is 5.32 Å². The summed E-state index contributed by atoms with van der Waals surface area (Å²) in [6.45, 7) is 5.96. The lowest BCUT2D eigenvalue weighted by Crippen LogP contribution is -2.37. The van der Waals surface area contributed by atoms with Crippen LogP contribution < -0.4 is 10.1 Å². The molecule has 0 spiro atoms. The molecular formula is C19H22FNO2. The number of hydrogen-bond acceptors (Lipinski definition) is 2. The number of carbonyl (C=O) groups excluding carboxylic acids is 1. The van der Waals surface area contributed by atoms with Crippen LogP contribution in [0.25, 0.3) is 0 Å². The molecule has 1 amide bonds. The lowest BCUT2D eigenvalue weighted by molar-refractivity contribution is -0.128. The Morgan fingerprint density at radius 2 is 1.96 bits per heavy atom. The van der Waals surface area contributed by atoms with Crippen molar-refractivity contribution in [3.8, 4) is 5.75 Å². The third-order valence-electron chi connectivity index (χ3n) is 3.69. The highest BCUT2D eigenvalue weighted by molar-refractivity contribution is 5.81. The molecule has 122 valence electrons. The zero-order chi connectivity index (χ0) is 16.8.